The average Bonchev–Trinajstić information content (AvgIpc) is 3.27. The van der Waals surface area contributed by atoms with E-state index in [2.05, 4.69) is 26.1 Å². The Bertz CT molecular complexity index is 1320. The molecule has 3 aromatic rings. The Labute approximate surface area is 228 Å². The van der Waals surface area contributed by atoms with Crippen LogP contribution in [0.2, 0.25) is 0 Å². The number of esters is 1. The van der Waals surface area contributed by atoms with Gasteiger partial charge in [0.05, 0.1) is 19.8 Å². The van der Waals surface area contributed by atoms with Crippen molar-refractivity contribution in [3.8, 4) is 11.5 Å². The molecule has 1 amide bonds. The van der Waals surface area contributed by atoms with E-state index in [0.29, 0.717) is 34.6 Å². The fraction of sp³-hybridized carbons (Fsp3) is 0.355. The minimum atomic E-state index is -0.410. The SMILES string of the molecule is COC(=O)c1c(NC(=O)C=Cc2ccc(OCc3ccccc3)c(OC)c2)sc2c1CCC(C(C)(C)C)C2. The van der Waals surface area contributed by atoms with Crippen LogP contribution in [0.25, 0.3) is 6.08 Å². The highest BCUT2D eigenvalue weighted by atomic mass is 32.1. The van der Waals surface area contributed by atoms with Crippen molar-refractivity contribution in [3.05, 3.63) is 81.7 Å². The van der Waals surface area contributed by atoms with Crippen LogP contribution in [0.1, 0.15) is 59.1 Å². The molecule has 38 heavy (non-hydrogen) atoms. The van der Waals surface area contributed by atoms with Crippen molar-refractivity contribution in [1.82, 2.24) is 0 Å². The molecule has 200 valence electrons. The van der Waals surface area contributed by atoms with Crippen molar-refractivity contribution in [2.75, 3.05) is 19.5 Å². The molecular formula is C31H35NO5S. The van der Waals surface area contributed by atoms with Crippen molar-refractivity contribution in [2.24, 2.45) is 11.3 Å². The third-order valence-electron chi connectivity index (χ3n) is 6.97. The first-order chi connectivity index (χ1) is 18.2. The Morgan fingerprint density at radius 3 is 2.53 bits per heavy atom. The van der Waals surface area contributed by atoms with Gasteiger partial charge in [-0.3, -0.25) is 4.79 Å². The van der Waals surface area contributed by atoms with Gasteiger partial charge in [0.15, 0.2) is 11.5 Å². The van der Waals surface area contributed by atoms with Crippen molar-refractivity contribution < 1.29 is 23.8 Å². The Balaban J connectivity index is 1.47. The molecule has 0 radical (unpaired) electrons. The van der Waals surface area contributed by atoms with E-state index >= 15 is 0 Å². The van der Waals surface area contributed by atoms with Gasteiger partial charge in [-0.25, -0.2) is 4.79 Å². The molecule has 0 fully saturated rings. The van der Waals surface area contributed by atoms with Crippen molar-refractivity contribution in [1.29, 1.82) is 0 Å². The smallest absolute Gasteiger partial charge is 0.341 e. The topological polar surface area (TPSA) is 73.9 Å². The molecule has 1 aliphatic rings. The number of amides is 1. The molecule has 7 heteroatoms. The molecule has 1 aliphatic carbocycles. The standard InChI is InChI=1S/C31H35NO5S/c1-31(2,3)22-13-14-23-26(18-22)38-29(28(23)30(34)36-5)32-27(33)16-12-20-11-15-24(25(17-20)35-4)37-19-21-9-7-6-8-10-21/h6-12,15-17,22H,13-14,18-19H2,1-5H3,(H,32,33). The monoisotopic (exact) mass is 533 g/mol. The van der Waals surface area contributed by atoms with E-state index in [1.807, 2.05) is 48.5 Å². The molecule has 6 nitrogen and oxygen atoms in total. The van der Waals surface area contributed by atoms with E-state index < -0.39 is 5.97 Å². The van der Waals surface area contributed by atoms with Crippen LogP contribution in [0.15, 0.2) is 54.6 Å². The summed E-state index contributed by atoms with van der Waals surface area (Å²) in [4.78, 5) is 26.7. The van der Waals surface area contributed by atoms with E-state index in [-0.39, 0.29) is 11.3 Å². The summed E-state index contributed by atoms with van der Waals surface area (Å²) in [5.41, 5.74) is 3.53. The summed E-state index contributed by atoms with van der Waals surface area (Å²) >= 11 is 1.48. The number of thiophene rings is 1. The molecule has 0 saturated heterocycles. The van der Waals surface area contributed by atoms with Gasteiger partial charge in [0.2, 0.25) is 5.91 Å². The molecule has 0 aliphatic heterocycles. The highest BCUT2D eigenvalue weighted by Crippen LogP contribution is 2.44. The summed E-state index contributed by atoms with van der Waals surface area (Å²) in [5, 5.41) is 3.47. The maximum Gasteiger partial charge on any atom is 0.341 e. The molecular weight excluding hydrogens is 498 g/mol. The number of benzene rings is 2. The maximum atomic E-state index is 12.9. The first-order valence-corrected chi connectivity index (χ1v) is 13.6. The van der Waals surface area contributed by atoms with Gasteiger partial charge >= 0.3 is 5.97 Å². The largest absolute Gasteiger partial charge is 0.493 e. The van der Waals surface area contributed by atoms with Crippen LogP contribution in [0.5, 0.6) is 11.5 Å². The molecule has 0 spiro atoms. The number of carbonyl (C=O) groups is 2. The van der Waals surface area contributed by atoms with Gasteiger partial charge in [0.1, 0.15) is 11.6 Å². The third kappa shape index (κ3) is 6.45. The number of ether oxygens (including phenoxy) is 3. The number of anilines is 1. The molecule has 1 atom stereocenters. The molecule has 2 aromatic carbocycles. The predicted molar refractivity (Wildman–Crippen MR) is 152 cm³/mol. The van der Waals surface area contributed by atoms with Crippen LogP contribution < -0.4 is 14.8 Å². The van der Waals surface area contributed by atoms with Crippen molar-refractivity contribution >= 4 is 34.3 Å². The molecule has 1 aromatic heterocycles. The summed E-state index contributed by atoms with van der Waals surface area (Å²) in [6.45, 7) is 7.18. The Kier molecular flexibility index (Phi) is 8.57. The summed E-state index contributed by atoms with van der Waals surface area (Å²) in [7, 11) is 2.96. The quantitative estimate of drug-likeness (QED) is 0.251. The van der Waals surface area contributed by atoms with E-state index in [4.69, 9.17) is 14.2 Å². The van der Waals surface area contributed by atoms with Crippen LogP contribution >= 0.6 is 11.3 Å². The number of hydrogen-bond acceptors (Lipinski definition) is 6. The number of nitrogens with one attached hydrogen (secondary N) is 1. The predicted octanol–water partition coefficient (Wildman–Crippen LogP) is 6.93. The van der Waals surface area contributed by atoms with Crippen LogP contribution in [-0.2, 0) is 29.0 Å². The second kappa shape index (κ2) is 11.9. The highest BCUT2D eigenvalue weighted by Gasteiger charge is 2.34. The number of fused-ring (bicyclic) bond motifs is 1. The normalized spacial score (nSPS) is 15.1. The maximum absolute atomic E-state index is 12.9. The summed E-state index contributed by atoms with van der Waals surface area (Å²) in [6.07, 6.45) is 5.88. The van der Waals surface area contributed by atoms with Gasteiger partial charge in [-0.15, -0.1) is 11.3 Å². The van der Waals surface area contributed by atoms with Crippen LogP contribution in [-0.4, -0.2) is 26.1 Å². The zero-order valence-electron chi connectivity index (χ0n) is 22.6. The Hall–Kier alpha value is -3.58. The molecule has 1 N–H and O–H groups in total. The van der Waals surface area contributed by atoms with Crippen molar-refractivity contribution in [3.63, 3.8) is 0 Å². The van der Waals surface area contributed by atoms with Gasteiger partial charge in [-0.05, 0) is 65.5 Å². The number of rotatable bonds is 8. The van der Waals surface area contributed by atoms with Gasteiger partial charge in [0, 0.05) is 11.0 Å². The first kappa shape index (κ1) is 27.5. The number of carbonyl (C=O) groups excluding carboxylic acids is 2. The minimum Gasteiger partial charge on any atom is -0.493 e. The minimum absolute atomic E-state index is 0.183. The van der Waals surface area contributed by atoms with Crippen LogP contribution in [0.3, 0.4) is 0 Å². The zero-order valence-corrected chi connectivity index (χ0v) is 23.4. The molecule has 1 heterocycles. The molecule has 1 unspecified atom stereocenters. The zero-order chi connectivity index (χ0) is 27.3. The molecule has 4 rings (SSSR count). The Morgan fingerprint density at radius 1 is 1.08 bits per heavy atom. The van der Waals surface area contributed by atoms with Gasteiger partial charge in [-0.1, -0.05) is 57.2 Å². The summed E-state index contributed by atoms with van der Waals surface area (Å²) in [6, 6.07) is 15.4. The second-order valence-corrected chi connectivity index (χ2v) is 11.6. The van der Waals surface area contributed by atoms with E-state index in [9.17, 15) is 9.59 Å². The molecule has 0 bridgehead atoms. The number of methoxy groups -OCH3 is 2. The Morgan fingerprint density at radius 2 is 1.84 bits per heavy atom. The number of hydrogen-bond donors (Lipinski definition) is 1. The first-order valence-electron chi connectivity index (χ1n) is 12.8. The lowest BCUT2D eigenvalue weighted by Gasteiger charge is -2.33. The average molecular weight is 534 g/mol. The van der Waals surface area contributed by atoms with Gasteiger partial charge < -0.3 is 19.5 Å². The van der Waals surface area contributed by atoms with E-state index in [1.54, 1.807) is 13.2 Å². The lowest BCUT2D eigenvalue weighted by Crippen LogP contribution is -2.26. The van der Waals surface area contributed by atoms with Crippen LogP contribution in [0.4, 0.5) is 5.00 Å². The van der Waals surface area contributed by atoms with E-state index in [1.165, 1.54) is 24.5 Å². The van der Waals surface area contributed by atoms with Gasteiger partial charge in [-0.2, -0.15) is 0 Å². The lowest BCUT2D eigenvalue weighted by atomic mass is 9.72. The van der Waals surface area contributed by atoms with Crippen molar-refractivity contribution in [2.45, 2.75) is 46.6 Å². The van der Waals surface area contributed by atoms with Gasteiger partial charge in [0.25, 0.3) is 0 Å². The molecule has 0 saturated carbocycles. The fourth-order valence-corrected chi connectivity index (χ4v) is 6.02. The van der Waals surface area contributed by atoms with E-state index in [0.717, 1.165) is 40.8 Å². The fourth-order valence-electron chi connectivity index (χ4n) is 4.70. The second-order valence-electron chi connectivity index (χ2n) is 10.5. The highest BCUT2D eigenvalue weighted by molar-refractivity contribution is 7.17. The van der Waals surface area contributed by atoms with Crippen LogP contribution in [0, 0.1) is 11.3 Å². The summed E-state index contributed by atoms with van der Waals surface area (Å²) in [5.74, 6) is 1.00. The summed E-state index contributed by atoms with van der Waals surface area (Å²) < 4.78 is 16.5. The lowest BCUT2D eigenvalue weighted by molar-refractivity contribution is -0.111. The third-order valence-corrected chi connectivity index (χ3v) is 8.14.